The Morgan fingerprint density at radius 3 is 2.68 bits per heavy atom. The van der Waals surface area contributed by atoms with E-state index in [1.54, 1.807) is 13.1 Å². The molecule has 0 spiro atoms. The van der Waals surface area contributed by atoms with Gasteiger partial charge in [0.1, 0.15) is 17.5 Å². The largest absolute Gasteiger partial charge is 0.366 e. The third-order valence-corrected chi connectivity index (χ3v) is 2.63. The Kier molecular flexibility index (Phi) is 3.94. The first kappa shape index (κ1) is 12.8. The molecule has 0 saturated heterocycles. The van der Waals surface area contributed by atoms with Crippen molar-refractivity contribution in [2.75, 3.05) is 17.3 Å². The van der Waals surface area contributed by atoms with E-state index in [1.165, 1.54) is 10.5 Å². The van der Waals surface area contributed by atoms with Crippen LogP contribution < -0.4 is 10.2 Å². The lowest BCUT2D eigenvalue weighted by Crippen LogP contribution is -2.12. The molecule has 19 heavy (non-hydrogen) atoms. The van der Waals surface area contributed by atoms with Gasteiger partial charge in [-0.1, -0.05) is 30.3 Å². The van der Waals surface area contributed by atoms with Crippen molar-refractivity contribution in [3.05, 3.63) is 47.8 Å². The van der Waals surface area contributed by atoms with E-state index in [4.69, 9.17) is 5.26 Å². The molecule has 0 bridgehead atoms. The van der Waals surface area contributed by atoms with Crippen LogP contribution in [-0.4, -0.2) is 17.0 Å². The minimum absolute atomic E-state index is 0.588. The molecule has 0 atom stereocenters. The maximum atomic E-state index is 8.87. The van der Waals surface area contributed by atoms with E-state index in [0.717, 1.165) is 0 Å². The average Bonchev–Trinajstić information content (AvgIpc) is 2.45. The van der Waals surface area contributed by atoms with Crippen molar-refractivity contribution >= 4 is 11.6 Å². The molecule has 1 heterocycles. The number of nitrogens with one attached hydrogen (secondary N) is 1. The van der Waals surface area contributed by atoms with Gasteiger partial charge in [0.15, 0.2) is 6.19 Å². The van der Waals surface area contributed by atoms with Gasteiger partial charge >= 0.3 is 0 Å². The van der Waals surface area contributed by atoms with Crippen LogP contribution in [0.15, 0.2) is 36.4 Å². The van der Waals surface area contributed by atoms with Crippen molar-refractivity contribution in [3.8, 4) is 6.19 Å². The van der Waals surface area contributed by atoms with E-state index >= 15 is 0 Å². The van der Waals surface area contributed by atoms with Crippen LogP contribution in [-0.2, 0) is 6.54 Å². The second kappa shape index (κ2) is 5.83. The molecule has 1 aromatic carbocycles. The third-order valence-electron chi connectivity index (χ3n) is 2.63. The fourth-order valence-corrected chi connectivity index (χ4v) is 1.65. The minimum Gasteiger partial charge on any atom is -0.366 e. The van der Waals surface area contributed by atoms with Gasteiger partial charge in [0.25, 0.3) is 0 Å². The molecule has 0 saturated carbocycles. The number of anilines is 2. The van der Waals surface area contributed by atoms with Crippen LogP contribution in [0.1, 0.15) is 11.4 Å². The zero-order chi connectivity index (χ0) is 13.7. The van der Waals surface area contributed by atoms with Crippen molar-refractivity contribution in [1.29, 1.82) is 5.26 Å². The molecule has 0 amide bonds. The number of nitriles is 1. The summed E-state index contributed by atoms with van der Waals surface area (Å²) in [7, 11) is 1.67. The summed E-state index contributed by atoms with van der Waals surface area (Å²) in [6, 6.07) is 11.8. The molecule has 0 fully saturated rings. The molecule has 0 aliphatic carbocycles. The second-order valence-corrected chi connectivity index (χ2v) is 4.16. The van der Waals surface area contributed by atoms with E-state index in [0.29, 0.717) is 24.0 Å². The number of aryl methyl sites for hydroxylation is 1. The van der Waals surface area contributed by atoms with Gasteiger partial charge in [0, 0.05) is 19.7 Å². The van der Waals surface area contributed by atoms with Gasteiger partial charge < -0.3 is 5.32 Å². The molecule has 96 valence electrons. The normalized spacial score (nSPS) is 9.74. The van der Waals surface area contributed by atoms with Crippen LogP contribution in [0.3, 0.4) is 0 Å². The Morgan fingerprint density at radius 1 is 1.26 bits per heavy atom. The Balaban J connectivity index is 2.13. The summed E-state index contributed by atoms with van der Waals surface area (Å²) >= 11 is 0. The molecule has 0 aliphatic rings. The molecular formula is C14H15N5. The molecule has 2 aromatic rings. The quantitative estimate of drug-likeness (QED) is 0.669. The van der Waals surface area contributed by atoms with Crippen molar-refractivity contribution < 1.29 is 0 Å². The number of hydrogen-bond donors (Lipinski definition) is 1. The summed E-state index contributed by atoms with van der Waals surface area (Å²) in [6.07, 6.45) is 2.02. The van der Waals surface area contributed by atoms with E-state index in [2.05, 4.69) is 15.3 Å². The summed E-state index contributed by atoms with van der Waals surface area (Å²) < 4.78 is 0. The van der Waals surface area contributed by atoms with Gasteiger partial charge in [-0.3, -0.25) is 4.90 Å². The lowest BCUT2D eigenvalue weighted by atomic mass is 10.2. The minimum atomic E-state index is 0.588. The van der Waals surface area contributed by atoms with Crippen LogP contribution >= 0.6 is 0 Å². The van der Waals surface area contributed by atoms with Crippen molar-refractivity contribution in [3.63, 3.8) is 0 Å². The van der Waals surface area contributed by atoms with Gasteiger partial charge in [-0.15, -0.1) is 0 Å². The lowest BCUT2D eigenvalue weighted by Gasteiger charge is -2.11. The highest BCUT2D eigenvalue weighted by atomic mass is 15.2. The number of nitrogens with zero attached hydrogens (tertiary/aromatic N) is 4. The number of aromatic nitrogens is 2. The predicted octanol–water partition coefficient (Wildman–Crippen LogP) is 2.31. The third kappa shape index (κ3) is 3.42. The van der Waals surface area contributed by atoms with Crippen LogP contribution in [0.25, 0.3) is 0 Å². The van der Waals surface area contributed by atoms with Crippen molar-refractivity contribution in [2.45, 2.75) is 13.5 Å². The van der Waals surface area contributed by atoms with Crippen molar-refractivity contribution in [2.24, 2.45) is 0 Å². The summed E-state index contributed by atoms with van der Waals surface area (Å²) in [5.41, 5.74) is 1.17. The highest BCUT2D eigenvalue weighted by molar-refractivity contribution is 5.51. The molecule has 1 aromatic heterocycles. The summed E-state index contributed by atoms with van der Waals surface area (Å²) in [4.78, 5) is 9.92. The smallest absolute Gasteiger partial charge is 0.185 e. The summed E-state index contributed by atoms with van der Waals surface area (Å²) in [5.74, 6) is 1.94. The van der Waals surface area contributed by atoms with Gasteiger partial charge in [-0.2, -0.15) is 5.26 Å². The zero-order valence-electron chi connectivity index (χ0n) is 11.0. The van der Waals surface area contributed by atoms with Crippen molar-refractivity contribution in [1.82, 2.24) is 9.97 Å². The maximum Gasteiger partial charge on any atom is 0.185 e. The topological polar surface area (TPSA) is 64.8 Å². The average molecular weight is 253 g/mol. The second-order valence-electron chi connectivity index (χ2n) is 4.16. The molecule has 0 aliphatic heterocycles. The zero-order valence-corrected chi connectivity index (χ0v) is 11.0. The first-order chi connectivity index (χ1) is 9.19. The van der Waals surface area contributed by atoms with Crippen LogP contribution in [0, 0.1) is 18.4 Å². The van der Waals surface area contributed by atoms with Crippen LogP contribution in [0.4, 0.5) is 11.6 Å². The van der Waals surface area contributed by atoms with E-state index in [9.17, 15) is 0 Å². The number of hydrogen-bond acceptors (Lipinski definition) is 5. The van der Waals surface area contributed by atoms with Gasteiger partial charge in [0.2, 0.25) is 0 Å². The number of rotatable bonds is 4. The lowest BCUT2D eigenvalue weighted by molar-refractivity contribution is 0.996. The molecule has 1 N–H and O–H groups in total. The maximum absolute atomic E-state index is 8.87. The summed E-state index contributed by atoms with van der Waals surface area (Å²) in [5, 5.41) is 12.1. The Hall–Kier alpha value is -2.61. The Bertz CT molecular complexity index is 589. The van der Waals surface area contributed by atoms with E-state index < -0.39 is 0 Å². The Labute approximate surface area is 112 Å². The summed E-state index contributed by atoms with van der Waals surface area (Å²) in [6.45, 7) is 2.50. The fourth-order valence-electron chi connectivity index (χ4n) is 1.65. The van der Waals surface area contributed by atoms with Gasteiger partial charge in [0.05, 0.1) is 0 Å². The van der Waals surface area contributed by atoms with Crippen LogP contribution in [0.5, 0.6) is 0 Å². The molecule has 0 unspecified atom stereocenters. The Morgan fingerprint density at radius 2 is 2.00 bits per heavy atom. The first-order valence-corrected chi connectivity index (χ1v) is 5.96. The first-order valence-electron chi connectivity index (χ1n) is 5.96. The molecule has 0 radical (unpaired) electrons. The van der Waals surface area contributed by atoms with Gasteiger partial charge in [-0.05, 0) is 12.5 Å². The molecule has 5 heteroatoms. The van der Waals surface area contributed by atoms with Crippen LogP contribution in [0.2, 0.25) is 0 Å². The van der Waals surface area contributed by atoms with Gasteiger partial charge in [-0.25, -0.2) is 9.97 Å². The molecule has 5 nitrogen and oxygen atoms in total. The molecular weight excluding hydrogens is 238 g/mol. The highest BCUT2D eigenvalue weighted by Crippen LogP contribution is 2.14. The predicted molar refractivity (Wildman–Crippen MR) is 74.6 cm³/mol. The standard InChI is InChI=1S/C14H15N5/c1-11-17-13(8-14(18-11)19(2)10-15)16-9-12-6-4-3-5-7-12/h3-8H,9H2,1-2H3,(H,16,17,18). The highest BCUT2D eigenvalue weighted by Gasteiger charge is 2.05. The fraction of sp³-hybridized carbons (Fsp3) is 0.214. The van der Waals surface area contributed by atoms with E-state index in [1.807, 2.05) is 43.4 Å². The van der Waals surface area contributed by atoms with E-state index in [-0.39, 0.29) is 0 Å². The molecule has 2 rings (SSSR count). The monoisotopic (exact) mass is 253 g/mol. The number of benzene rings is 1. The SMILES string of the molecule is Cc1nc(NCc2ccccc2)cc(N(C)C#N)n1.